The highest BCUT2D eigenvalue weighted by molar-refractivity contribution is 7.15. The number of aromatic nitrogens is 1. The third kappa shape index (κ3) is 4.30. The summed E-state index contributed by atoms with van der Waals surface area (Å²) in [6.45, 7) is -2.61. The lowest BCUT2D eigenvalue weighted by molar-refractivity contribution is -0.134. The van der Waals surface area contributed by atoms with E-state index in [0.29, 0.717) is 17.9 Å². The summed E-state index contributed by atoms with van der Waals surface area (Å²) in [4.78, 5) is 4.51. The van der Waals surface area contributed by atoms with E-state index in [1.807, 2.05) is 0 Å². The van der Waals surface area contributed by atoms with E-state index in [2.05, 4.69) is 9.72 Å². The van der Waals surface area contributed by atoms with Crippen LogP contribution < -0.4 is 9.64 Å². The van der Waals surface area contributed by atoms with Crippen LogP contribution in [0.3, 0.4) is 0 Å². The molecule has 0 aliphatic carbocycles. The minimum Gasteiger partial charge on any atom is -0.435 e. The van der Waals surface area contributed by atoms with Crippen LogP contribution in [0.2, 0.25) is 0 Å². The maximum atomic E-state index is 12.5. The van der Waals surface area contributed by atoms with E-state index in [9.17, 15) is 22.0 Å². The van der Waals surface area contributed by atoms with Crippen molar-refractivity contribution < 1.29 is 26.7 Å². The fourth-order valence-corrected chi connectivity index (χ4v) is 2.43. The molecule has 0 aliphatic rings. The van der Waals surface area contributed by atoms with E-state index in [1.54, 1.807) is 24.1 Å². The highest BCUT2D eigenvalue weighted by atomic mass is 32.1. The lowest BCUT2D eigenvalue weighted by atomic mass is 10.2. The average Bonchev–Trinajstić information content (AvgIpc) is 2.90. The highest BCUT2D eigenvalue weighted by Crippen LogP contribution is 2.36. The molecule has 0 radical (unpaired) electrons. The Kier molecular flexibility index (Phi) is 4.84. The van der Waals surface area contributed by atoms with Crippen molar-refractivity contribution in [2.45, 2.75) is 19.3 Å². The zero-order chi connectivity index (χ0) is 16.3. The second-order valence-corrected chi connectivity index (χ2v) is 5.39. The van der Waals surface area contributed by atoms with Crippen LogP contribution in [0.5, 0.6) is 5.75 Å². The first-order chi connectivity index (χ1) is 10.3. The van der Waals surface area contributed by atoms with Crippen molar-refractivity contribution in [2.24, 2.45) is 0 Å². The molecule has 0 atom stereocenters. The second kappa shape index (κ2) is 6.47. The maximum Gasteiger partial charge on any atom is 0.427 e. The normalized spacial score (nSPS) is 11.8. The Morgan fingerprint density at radius 2 is 1.86 bits per heavy atom. The van der Waals surface area contributed by atoms with Gasteiger partial charge in [-0.1, -0.05) is 23.5 Å². The molecule has 0 unspecified atom stereocenters. The first-order valence-electron chi connectivity index (χ1n) is 6.03. The zero-order valence-electron chi connectivity index (χ0n) is 11.3. The Hall–Kier alpha value is -1.90. The summed E-state index contributed by atoms with van der Waals surface area (Å²) in [5, 5.41) is 0.222. The first kappa shape index (κ1) is 16.5. The smallest absolute Gasteiger partial charge is 0.427 e. The van der Waals surface area contributed by atoms with Crippen LogP contribution in [0.1, 0.15) is 10.4 Å². The molecule has 0 amide bonds. The molecular weight excluding hydrogens is 327 g/mol. The van der Waals surface area contributed by atoms with Crippen molar-refractivity contribution in [3.63, 3.8) is 0 Å². The summed E-state index contributed by atoms with van der Waals surface area (Å²) < 4.78 is 65.8. The summed E-state index contributed by atoms with van der Waals surface area (Å²) in [5.41, 5.74) is 0.730. The van der Waals surface area contributed by atoms with Crippen molar-refractivity contribution in [2.75, 3.05) is 11.9 Å². The number of hydrogen-bond donors (Lipinski definition) is 0. The van der Waals surface area contributed by atoms with E-state index in [-0.39, 0.29) is 10.9 Å². The lowest BCUT2D eigenvalue weighted by Gasteiger charge is -2.16. The molecule has 22 heavy (non-hydrogen) atoms. The fourth-order valence-electron chi connectivity index (χ4n) is 1.69. The van der Waals surface area contributed by atoms with Crippen molar-refractivity contribution in [3.8, 4) is 5.75 Å². The largest absolute Gasteiger partial charge is 0.435 e. The number of thiazole rings is 1. The Labute approximate surface area is 127 Å². The average molecular weight is 338 g/mol. The monoisotopic (exact) mass is 338 g/mol. The molecule has 0 aliphatic heterocycles. The van der Waals surface area contributed by atoms with Gasteiger partial charge in [0.15, 0.2) is 5.13 Å². The lowest BCUT2D eigenvalue weighted by Crippen LogP contribution is -2.15. The van der Waals surface area contributed by atoms with Gasteiger partial charge in [0, 0.05) is 13.6 Å². The van der Waals surface area contributed by atoms with Crippen molar-refractivity contribution in [1.29, 1.82) is 0 Å². The zero-order valence-corrected chi connectivity index (χ0v) is 12.1. The maximum absolute atomic E-state index is 12.5. The third-order valence-electron chi connectivity index (χ3n) is 2.67. The van der Waals surface area contributed by atoms with Crippen molar-refractivity contribution >= 4 is 16.5 Å². The van der Waals surface area contributed by atoms with E-state index in [4.69, 9.17) is 0 Å². The van der Waals surface area contributed by atoms with Gasteiger partial charge in [-0.2, -0.15) is 22.0 Å². The van der Waals surface area contributed by atoms with E-state index in [1.165, 1.54) is 12.1 Å². The number of benzene rings is 1. The molecule has 1 heterocycles. The van der Waals surface area contributed by atoms with Gasteiger partial charge in [0.1, 0.15) is 10.6 Å². The van der Waals surface area contributed by atoms with E-state index < -0.39 is 17.7 Å². The van der Waals surface area contributed by atoms with Gasteiger partial charge in [0.2, 0.25) is 0 Å². The van der Waals surface area contributed by atoms with Crippen molar-refractivity contribution in [3.05, 3.63) is 40.9 Å². The first-order valence-corrected chi connectivity index (χ1v) is 6.85. The van der Waals surface area contributed by atoms with Crippen LogP contribution >= 0.6 is 11.3 Å². The fraction of sp³-hybridized carbons (Fsp3) is 0.308. The number of anilines is 1. The van der Waals surface area contributed by atoms with Crippen LogP contribution in [0.15, 0.2) is 30.5 Å². The molecule has 2 aromatic rings. The van der Waals surface area contributed by atoms with Gasteiger partial charge in [-0.25, -0.2) is 4.98 Å². The number of hydrogen-bond acceptors (Lipinski definition) is 4. The topological polar surface area (TPSA) is 25.4 Å². The number of nitrogens with zero attached hydrogens (tertiary/aromatic N) is 2. The number of ether oxygens (including phenoxy) is 1. The van der Waals surface area contributed by atoms with Gasteiger partial charge >= 0.3 is 12.8 Å². The summed E-state index contributed by atoms with van der Waals surface area (Å²) in [7, 11) is 1.60. The minimum absolute atomic E-state index is 0.0232. The van der Waals surface area contributed by atoms with Crippen LogP contribution in [0, 0.1) is 0 Å². The molecule has 0 saturated heterocycles. The number of rotatable bonds is 5. The summed E-state index contributed by atoms with van der Waals surface area (Å²) in [5.74, 6) is 0.0232. The van der Waals surface area contributed by atoms with Crippen LogP contribution in [0.25, 0.3) is 0 Å². The quantitative estimate of drug-likeness (QED) is 0.756. The minimum atomic E-state index is -4.41. The molecule has 0 saturated carbocycles. The summed E-state index contributed by atoms with van der Waals surface area (Å²) in [6, 6.07) is 5.87. The second-order valence-electron chi connectivity index (χ2n) is 4.38. The molecule has 0 bridgehead atoms. The predicted molar refractivity (Wildman–Crippen MR) is 72.3 cm³/mol. The van der Waals surface area contributed by atoms with Gasteiger partial charge in [-0.15, -0.1) is 0 Å². The SMILES string of the molecule is CN(Cc1ccc(OC(F)F)cc1)c1ncc(C(F)(F)F)s1. The number of halogens is 5. The van der Waals surface area contributed by atoms with Gasteiger partial charge in [0.25, 0.3) is 0 Å². The molecule has 0 fully saturated rings. The molecule has 120 valence electrons. The molecule has 1 aromatic carbocycles. The highest BCUT2D eigenvalue weighted by Gasteiger charge is 2.33. The van der Waals surface area contributed by atoms with Gasteiger partial charge in [-0.05, 0) is 17.7 Å². The molecule has 3 nitrogen and oxygen atoms in total. The molecule has 0 N–H and O–H groups in total. The molecule has 1 aromatic heterocycles. The van der Waals surface area contributed by atoms with Crippen LogP contribution in [0.4, 0.5) is 27.1 Å². The Bertz CT molecular complexity index is 612. The van der Waals surface area contributed by atoms with Gasteiger partial charge < -0.3 is 9.64 Å². The predicted octanol–water partition coefficient (Wildman–Crippen LogP) is 4.40. The molecule has 0 spiro atoms. The Balaban J connectivity index is 2.02. The Morgan fingerprint density at radius 3 is 2.36 bits per heavy atom. The molecule has 2 rings (SSSR count). The van der Waals surface area contributed by atoms with E-state index in [0.717, 1.165) is 11.8 Å². The van der Waals surface area contributed by atoms with E-state index >= 15 is 0 Å². The number of alkyl halides is 5. The molecule has 9 heteroatoms. The Morgan fingerprint density at radius 1 is 1.23 bits per heavy atom. The standard InChI is InChI=1S/C13H11F5N2OS/c1-20(12-19-6-10(22-12)13(16,17)18)7-8-2-4-9(5-3-8)21-11(14)15/h2-6,11H,7H2,1H3. The van der Waals surface area contributed by atoms with Crippen LogP contribution in [-0.2, 0) is 12.7 Å². The van der Waals surface area contributed by atoms with Crippen molar-refractivity contribution in [1.82, 2.24) is 4.98 Å². The van der Waals surface area contributed by atoms with Gasteiger partial charge in [0.05, 0.1) is 6.20 Å². The van der Waals surface area contributed by atoms with Crippen LogP contribution in [-0.4, -0.2) is 18.6 Å². The summed E-state index contributed by atoms with van der Waals surface area (Å²) >= 11 is 0.545. The third-order valence-corrected chi connectivity index (χ3v) is 3.82. The summed E-state index contributed by atoms with van der Waals surface area (Å²) in [6.07, 6.45) is -3.62. The molecular formula is C13H11F5N2OS. The van der Waals surface area contributed by atoms with Gasteiger partial charge in [-0.3, -0.25) is 0 Å².